The molecule has 1 aromatic carbocycles. The molecule has 1 fully saturated rings. The molecule has 1 amide bonds. The summed E-state index contributed by atoms with van der Waals surface area (Å²) in [6.07, 6.45) is 3.70. The van der Waals surface area contributed by atoms with E-state index in [1.807, 2.05) is 18.2 Å². The van der Waals surface area contributed by atoms with Gasteiger partial charge in [0.05, 0.1) is 13.7 Å². The van der Waals surface area contributed by atoms with Crippen LogP contribution in [0.1, 0.15) is 38.2 Å². The first-order valence-corrected chi connectivity index (χ1v) is 8.50. The number of halogens is 1. The predicted octanol–water partition coefficient (Wildman–Crippen LogP) is 2.91. The molecule has 1 aliphatic rings. The average molecular weight is 357 g/mol. The van der Waals surface area contributed by atoms with Gasteiger partial charge in [0.25, 0.3) is 0 Å². The minimum atomic E-state index is 0. The lowest BCUT2D eigenvalue weighted by molar-refractivity contribution is -0.121. The number of methoxy groups -OCH3 is 1. The van der Waals surface area contributed by atoms with Gasteiger partial charge in [-0.1, -0.05) is 13.0 Å². The lowest BCUT2D eigenvalue weighted by Crippen LogP contribution is -2.23. The van der Waals surface area contributed by atoms with Crippen molar-refractivity contribution >= 4 is 18.3 Å². The van der Waals surface area contributed by atoms with E-state index in [4.69, 9.17) is 9.47 Å². The third-order valence-corrected chi connectivity index (χ3v) is 4.12. The van der Waals surface area contributed by atoms with Gasteiger partial charge in [0.15, 0.2) is 11.5 Å². The van der Waals surface area contributed by atoms with Gasteiger partial charge in [-0.25, -0.2) is 0 Å². The molecule has 0 bridgehead atoms. The fourth-order valence-corrected chi connectivity index (χ4v) is 2.74. The molecule has 0 aliphatic carbocycles. The predicted molar refractivity (Wildman–Crippen MR) is 98.1 cm³/mol. The second-order valence-electron chi connectivity index (χ2n) is 6.01. The number of ether oxygens (including phenoxy) is 2. The Kier molecular flexibility index (Phi) is 9.57. The molecule has 1 unspecified atom stereocenters. The van der Waals surface area contributed by atoms with Crippen LogP contribution in [0.15, 0.2) is 18.2 Å². The van der Waals surface area contributed by atoms with Crippen LogP contribution < -0.4 is 20.1 Å². The highest BCUT2D eigenvalue weighted by atomic mass is 35.5. The summed E-state index contributed by atoms with van der Waals surface area (Å²) in [5, 5.41) is 6.31. The van der Waals surface area contributed by atoms with Crippen molar-refractivity contribution in [1.82, 2.24) is 10.6 Å². The minimum absolute atomic E-state index is 0. The molecule has 136 valence electrons. The summed E-state index contributed by atoms with van der Waals surface area (Å²) >= 11 is 0. The largest absolute Gasteiger partial charge is 0.493 e. The second kappa shape index (κ2) is 11.2. The van der Waals surface area contributed by atoms with E-state index in [2.05, 4.69) is 17.6 Å². The summed E-state index contributed by atoms with van der Waals surface area (Å²) in [6, 6.07) is 5.79. The fourth-order valence-electron chi connectivity index (χ4n) is 2.74. The first-order chi connectivity index (χ1) is 11.2. The number of carbonyl (C=O) groups excluding carboxylic acids is 1. The molecule has 0 radical (unpaired) electrons. The summed E-state index contributed by atoms with van der Waals surface area (Å²) in [6.45, 7) is 5.38. The van der Waals surface area contributed by atoms with Crippen LogP contribution >= 0.6 is 12.4 Å². The number of amides is 1. The number of carbonyl (C=O) groups is 1. The van der Waals surface area contributed by atoms with Gasteiger partial charge in [-0.3, -0.25) is 4.79 Å². The van der Waals surface area contributed by atoms with Crippen LogP contribution in [0.4, 0.5) is 0 Å². The molecule has 1 atom stereocenters. The third-order valence-electron chi connectivity index (χ3n) is 4.12. The second-order valence-corrected chi connectivity index (χ2v) is 6.01. The monoisotopic (exact) mass is 356 g/mol. The Morgan fingerprint density at radius 1 is 1.38 bits per heavy atom. The number of hydrogen-bond donors (Lipinski definition) is 2. The molecular weight excluding hydrogens is 328 g/mol. The number of nitrogens with one attached hydrogen (secondary N) is 2. The maximum absolute atomic E-state index is 11.9. The van der Waals surface area contributed by atoms with E-state index in [9.17, 15) is 4.79 Å². The van der Waals surface area contributed by atoms with E-state index in [-0.39, 0.29) is 18.3 Å². The topological polar surface area (TPSA) is 59.6 Å². The van der Waals surface area contributed by atoms with Gasteiger partial charge in [0.1, 0.15) is 0 Å². The quantitative estimate of drug-likeness (QED) is 0.714. The van der Waals surface area contributed by atoms with Crippen molar-refractivity contribution in [3.8, 4) is 11.5 Å². The smallest absolute Gasteiger partial charge is 0.220 e. The van der Waals surface area contributed by atoms with E-state index in [1.54, 1.807) is 7.11 Å². The highest BCUT2D eigenvalue weighted by molar-refractivity contribution is 5.85. The summed E-state index contributed by atoms with van der Waals surface area (Å²) in [4.78, 5) is 11.9. The minimum Gasteiger partial charge on any atom is -0.493 e. The molecule has 1 saturated heterocycles. The summed E-state index contributed by atoms with van der Waals surface area (Å²) < 4.78 is 11.0. The van der Waals surface area contributed by atoms with Crippen molar-refractivity contribution in [3.05, 3.63) is 23.8 Å². The first kappa shape index (κ1) is 20.6. The summed E-state index contributed by atoms with van der Waals surface area (Å²) in [5.41, 5.74) is 1.02. The molecule has 1 heterocycles. The van der Waals surface area contributed by atoms with E-state index in [0.29, 0.717) is 31.2 Å². The van der Waals surface area contributed by atoms with Gasteiger partial charge in [-0.05, 0) is 56.0 Å². The number of benzene rings is 1. The van der Waals surface area contributed by atoms with Crippen molar-refractivity contribution in [1.29, 1.82) is 0 Å². The molecule has 24 heavy (non-hydrogen) atoms. The van der Waals surface area contributed by atoms with Gasteiger partial charge in [-0.2, -0.15) is 0 Å². The molecule has 0 aromatic heterocycles. The fraction of sp³-hybridized carbons (Fsp3) is 0.611. The average Bonchev–Trinajstić information content (AvgIpc) is 3.10. The summed E-state index contributed by atoms with van der Waals surface area (Å²) in [5.74, 6) is 2.22. The van der Waals surface area contributed by atoms with Gasteiger partial charge >= 0.3 is 0 Å². The molecule has 6 heteroatoms. The molecule has 0 spiro atoms. The highest BCUT2D eigenvalue weighted by Gasteiger charge is 2.15. The van der Waals surface area contributed by atoms with Crippen LogP contribution in [0.5, 0.6) is 11.5 Å². The molecule has 2 N–H and O–H groups in total. The van der Waals surface area contributed by atoms with Crippen LogP contribution in [-0.2, 0) is 11.3 Å². The van der Waals surface area contributed by atoms with Crippen LogP contribution in [0.25, 0.3) is 0 Å². The zero-order valence-electron chi connectivity index (χ0n) is 14.6. The standard InChI is InChI=1S/C18H28N2O3.ClH/c1-3-10-23-16-6-4-15(11-17(16)22-2)13-20-18(21)7-5-14-8-9-19-12-14;/h4,6,11,14,19H,3,5,7-10,12-13H2,1-2H3,(H,20,21);1H. The lowest BCUT2D eigenvalue weighted by Gasteiger charge is -2.12. The van der Waals surface area contributed by atoms with E-state index in [1.165, 1.54) is 6.42 Å². The zero-order chi connectivity index (χ0) is 16.5. The number of rotatable bonds is 9. The van der Waals surface area contributed by atoms with Crippen molar-refractivity contribution in [3.63, 3.8) is 0 Å². The SMILES string of the molecule is CCCOc1ccc(CNC(=O)CCC2CCNC2)cc1OC.Cl. The molecule has 2 rings (SSSR count). The Morgan fingerprint density at radius 3 is 2.88 bits per heavy atom. The zero-order valence-corrected chi connectivity index (χ0v) is 15.4. The van der Waals surface area contributed by atoms with E-state index >= 15 is 0 Å². The summed E-state index contributed by atoms with van der Waals surface area (Å²) in [7, 11) is 1.63. The van der Waals surface area contributed by atoms with Crippen molar-refractivity contribution in [2.75, 3.05) is 26.8 Å². The molecule has 1 aromatic rings. The highest BCUT2D eigenvalue weighted by Crippen LogP contribution is 2.28. The Bertz CT molecular complexity index is 505. The van der Waals surface area contributed by atoms with Gasteiger partial charge < -0.3 is 20.1 Å². The van der Waals surface area contributed by atoms with Crippen molar-refractivity contribution < 1.29 is 14.3 Å². The molecular formula is C18H29ClN2O3. The Labute approximate surface area is 150 Å². The maximum atomic E-state index is 11.9. The van der Waals surface area contributed by atoms with Crippen molar-refractivity contribution in [2.24, 2.45) is 5.92 Å². The van der Waals surface area contributed by atoms with Crippen LogP contribution in [0, 0.1) is 5.92 Å². The third kappa shape index (κ3) is 6.57. The molecule has 1 aliphatic heterocycles. The Morgan fingerprint density at radius 2 is 2.21 bits per heavy atom. The Hall–Kier alpha value is -1.46. The van der Waals surface area contributed by atoms with Gasteiger partial charge in [0.2, 0.25) is 5.91 Å². The molecule has 0 saturated carbocycles. The molecule has 5 nitrogen and oxygen atoms in total. The van der Waals surface area contributed by atoms with Crippen molar-refractivity contribution in [2.45, 2.75) is 39.2 Å². The lowest BCUT2D eigenvalue weighted by atomic mass is 10.0. The Balaban J connectivity index is 0.00000288. The van der Waals surface area contributed by atoms with E-state index < -0.39 is 0 Å². The number of hydrogen-bond acceptors (Lipinski definition) is 4. The van der Waals surface area contributed by atoms with Crippen LogP contribution in [0.3, 0.4) is 0 Å². The maximum Gasteiger partial charge on any atom is 0.220 e. The van der Waals surface area contributed by atoms with Crippen LogP contribution in [-0.4, -0.2) is 32.7 Å². The van der Waals surface area contributed by atoms with Crippen LogP contribution in [0.2, 0.25) is 0 Å². The normalized spacial score (nSPS) is 16.3. The van der Waals surface area contributed by atoms with E-state index in [0.717, 1.165) is 37.2 Å². The first-order valence-electron chi connectivity index (χ1n) is 8.50. The van der Waals surface area contributed by atoms with Gasteiger partial charge in [0, 0.05) is 13.0 Å². The van der Waals surface area contributed by atoms with Gasteiger partial charge in [-0.15, -0.1) is 12.4 Å².